The Balaban J connectivity index is 2.28. The molecule has 1 aromatic heterocycles. The maximum absolute atomic E-state index is 12.0. The molecule has 0 bridgehead atoms. The summed E-state index contributed by atoms with van der Waals surface area (Å²) in [6.45, 7) is 4.37. The molecule has 0 radical (unpaired) electrons. The second-order valence-corrected chi connectivity index (χ2v) is 5.37. The zero-order valence-corrected chi connectivity index (χ0v) is 13.2. The first-order valence-corrected chi connectivity index (χ1v) is 7.29. The molecule has 0 atom stereocenters. The van der Waals surface area contributed by atoms with E-state index in [9.17, 15) is 18.0 Å². The third-order valence-corrected chi connectivity index (χ3v) is 2.58. The lowest BCUT2D eigenvalue weighted by Gasteiger charge is -2.09. The fraction of sp³-hybridized carbons (Fsp3) is 0.600. The van der Waals surface area contributed by atoms with E-state index >= 15 is 0 Å². The van der Waals surface area contributed by atoms with E-state index in [2.05, 4.69) is 28.9 Å². The molecule has 0 aromatic carbocycles. The summed E-state index contributed by atoms with van der Waals surface area (Å²) in [7, 11) is 0. The van der Waals surface area contributed by atoms with Gasteiger partial charge in [0.2, 0.25) is 5.88 Å². The van der Waals surface area contributed by atoms with Crippen molar-refractivity contribution < 1.29 is 27.4 Å². The number of hydrogen-bond donors (Lipinski definition) is 1. The number of amides is 1. The number of halogens is 3. The molecule has 5 nitrogen and oxygen atoms in total. The summed E-state index contributed by atoms with van der Waals surface area (Å²) in [5.41, 5.74) is 0.257. The van der Waals surface area contributed by atoms with Crippen LogP contribution in [0.15, 0.2) is 18.3 Å². The molecule has 0 aliphatic carbocycles. The van der Waals surface area contributed by atoms with Crippen LogP contribution in [0.25, 0.3) is 0 Å². The second-order valence-electron chi connectivity index (χ2n) is 5.37. The molecule has 0 saturated heterocycles. The van der Waals surface area contributed by atoms with Crippen LogP contribution in [0.4, 0.5) is 13.2 Å². The molecule has 23 heavy (non-hydrogen) atoms. The Labute approximate surface area is 133 Å². The molecule has 0 saturated carbocycles. The van der Waals surface area contributed by atoms with E-state index in [1.165, 1.54) is 18.3 Å². The van der Waals surface area contributed by atoms with Crippen molar-refractivity contribution in [2.75, 3.05) is 26.4 Å². The third kappa shape index (κ3) is 9.02. The van der Waals surface area contributed by atoms with Gasteiger partial charge in [0.05, 0.1) is 5.56 Å². The number of nitrogens with zero attached hydrogens (tertiary/aromatic N) is 1. The molecule has 1 rings (SSSR count). The summed E-state index contributed by atoms with van der Waals surface area (Å²) in [4.78, 5) is 15.5. The molecule has 1 amide bonds. The van der Waals surface area contributed by atoms with Gasteiger partial charge in [-0.05, 0) is 18.4 Å². The van der Waals surface area contributed by atoms with E-state index in [4.69, 9.17) is 4.74 Å². The van der Waals surface area contributed by atoms with Gasteiger partial charge in [-0.2, -0.15) is 13.2 Å². The van der Waals surface area contributed by atoms with Gasteiger partial charge in [-0.25, -0.2) is 4.98 Å². The molecule has 0 spiro atoms. The standard InChI is InChI=1S/C15H21F3N2O3/c1-11(2)9-22-7-3-6-19-14(21)12-4-5-13(20-8-12)23-10-15(16,17)18/h4-5,8,11H,3,6-7,9-10H2,1-2H3,(H,19,21). The number of nitrogens with one attached hydrogen (secondary N) is 1. The number of pyridine rings is 1. The molecule has 0 fully saturated rings. The van der Waals surface area contributed by atoms with Gasteiger partial charge in [0.15, 0.2) is 6.61 Å². The van der Waals surface area contributed by atoms with E-state index in [1.807, 2.05) is 0 Å². The smallest absolute Gasteiger partial charge is 0.422 e. The SMILES string of the molecule is CC(C)COCCCNC(=O)c1ccc(OCC(F)(F)F)nc1. The predicted molar refractivity (Wildman–Crippen MR) is 78.4 cm³/mol. The quantitative estimate of drug-likeness (QED) is 0.706. The van der Waals surface area contributed by atoms with Crippen LogP contribution < -0.4 is 10.1 Å². The summed E-state index contributed by atoms with van der Waals surface area (Å²) >= 11 is 0. The summed E-state index contributed by atoms with van der Waals surface area (Å²) < 4.78 is 45.8. The molecular weight excluding hydrogens is 313 g/mol. The lowest BCUT2D eigenvalue weighted by Crippen LogP contribution is -2.25. The van der Waals surface area contributed by atoms with Crippen LogP contribution in [0.3, 0.4) is 0 Å². The summed E-state index contributed by atoms with van der Waals surface area (Å²) in [6, 6.07) is 2.59. The Hall–Kier alpha value is -1.83. The van der Waals surface area contributed by atoms with Gasteiger partial charge in [-0.15, -0.1) is 0 Å². The Morgan fingerprint density at radius 2 is 2.09 bits per heavy atom. The Morgan fingerprint density at radius 1 is 1.35 bits per heavy atom. The fourth-order valence-corrected chi connectivity index (χ4v) is 1.55. The van der Waals surface area contributed by atoms with Crippen LogP contribution in [0.2, 0.25) is 0 Å². The van der Waals surface area contributed by atoms with Crippen molar-refractivity contribution in [1.29, 1.82) is 0 Å². The normalized spacial score (nSPS) is 11.6. The summed E-state index contributed by atoms with van der Waals surface area (Å²) in [6.07, 6.45) is -2.57. The van der Waals surface area contributed by atoms with Gasteiger partial charge in [-0.1, -0.05) is 13.8 Å². The van der Waals surface area contributed by atoms with Crippen LogP contribution in [0.5, 0.6) is 5.88 Å². The number of carbonyl (C=O) groups excluding carboxylic acids is 1. The number of aromatic nitrogens is 1. The average molecular weight is 334 g/mol. The van der Waals surface area contributed by atoms with Crippen molar-refractivity contribution in [3.63, 3.8) is 0 Å². The highest BCUT2D eigenvalue weighted by molar-refractivity contribution is 5.93. The zero-order valence-electron chi connectivity index (χ0n) is 13.2. The minimum absolute atomic E-state index is 0.180. The Morgan fingerprint density at radius 3 is 2.65 bits per heavy atom. The van der Waals surface area contributed by atoms with Crippen molar-refractivity contribution in [2.24, 2.45) is 5.92 Å². The van der Waals surface area contributed by atoms with E-state index in [-0.39, 0.29) is 17.4 Å². The molecule has 0 unspecified atom stereocenters. The first-order valence-electron chi connectivity index (χ1n) is 7.29. The third-order valence-electron chi connectivity index (χ3n) is 2.58. The van der Waals surface area contributed by atoms with Crippen molar-refractivity contribution in [3.05, 3.63) is 23.9 Å². The maximum atomic E-state index is 12.0. The fourth-order valence-electron chi connectivity index (χ4n) is 1.55. The molecular formula is C15H21F3N2O3. The molecule has 1 aromatic rings. The van der Waals surface area contributed by atoms with Crippen LogP contribution in [0, 0.1) is 5.92 Å². The average Bonchev–Trinajstić information content (AvgIpc) is 2.48. The van der Waals surface area contributed by atoms with Gasteiger partial charge in [0, 0.05) is 32.0 Å². The number of alkyl halides is 3. The largest absolute Gasteiger partial charge is 0.468 e. The maximum Gasteiger partial charge on any atom is 0.422 e. The monoisotopic (exact) mass is 334 g/mol. The predicted octanol–water partition coefficient (Wildman–Crippen LogP) is 2.82. The lowest BCUT2D eigenvalue weighted by atomic mass is 10.2. The zero-order chi connectivity index (χ0) is 17.3. The molecule has 130 valence electrons. The van der Waals surface area contributed by atoms with E-state index < -0.39 is 12.8 Å². The summed E-state index contributed by atoms with van der Waals surface area (Å²) in [5.74, 6) is -0.0570. The van der Waals surface area contributed by atoms with Gasteiger partial charge < -0.3 is 14.8 Å². The topological polar surface area (TPSA) is 60.5 Å². The highest BCUT2D eigenvalue weighted by Gasteiger charge is 2.28. The van der Waals surface area contributed by atoms with E-state index in [0.29, 0.717) is 32.1 Å². The van der Waals surface area contributed by atoms with Crippen LogP contribution in [0.1, 0.15) is 30.6 Å². The van der Waals surface area contributed by atoms with Crippen molar-refractivity contribution in [1.82, 2.24) is 10.3 Å². The molecule has 0 aliphatic heterocycles. The van der Waals surface area contributed by atoms with Crippen molar-refractivity contribution in [3.8, 4) is 5.88 Å². The molecule has 1 heterocycles. The lowest BCUT2D eigenvalue weighted by molar-refractivity contribution is -0.154. The van der Waals surface area contributed by atoms with Gasteiger partial charge in [0.25, 0.3) is 5.91 Å². The number of hydrogen-bond acceptors (Lipinski definition) is 4. The minimum Gasteiger partial charge on any atom is -0.468 e. The molecule has 8 heteroatoms. The van der Waals surface area contributed by atoms with Gasteiger partial charge in [0.1, 0.15) is 0 Å². The summed E-state index contributed by atoms with van der Waals surface area (Å²) in [5, 5.41) is 2.68. The highest BCUT2D eigenvalue weighted by atomic mass is 19.4. The van der Waals surface area contributed by atoms with Crippen LogP contribution in [-0.4, -0.2) is 43.4 Å². The van der Waals surface area contributed by atoms with E-state index in [0.717, 1.165) is 0 Å². The van der Waals surface area contributed by atoms with Crippen molar-refractivity contribution in [2.45, 2.75) is 26.4 Å². The molecule has 0 aliphatic rings. The number of rotatable bonds is 9. The van der Waals surface area contributed by atoms with Crippen molar-refractivity contribution >= 4 is 5.91 Å². The second kappa shape index (κ2) is 9.34. The van der Waals surface area contributed by atoms with E-state index in [1.54, 1.807) is 0 Å². The van der Waals surface area contributed by atoms with Gasteiger partial charge in [-0.3, -0.25) is 4.79 Å². The first kappa shape index (κ1) is 19.2. The van der Waals surface area contributed by atoms with Gasteiger partial charge >= 0.3 is 6.18 Å². The Bertz CT molecular complexity index is 476. The number of ether oxygens (including phenoxy) is 2. The minimum atomic E-state index is -4.42. The molecule has 1 N–H and O–H groups in total. The van der Waals surface area contributed by atoms with Crippen LogP contribution >= 0.6 is 0 Å². The first-order chi connectivity index (χ1) is 10.8. The van der Waals surface area contributed by atoms with Crippen LogP contribution in [-0.2, 0) is 4.74 Å². The number of carbonyl (C=O) groups is 1. The highest BCUT2D eigenvalue weighted by Crippen LogP contribution is 2.16. The Kier molecular flexibility index (Phi) is 7.80.